The first-order valence-electron chi connectivity index (χ1n) is 10.4. The first-order chi connectivity index (χ1) is 17.0. The molecule has 3 rings (SSSR count). The van der Waals surface area contributed by atoms with Gasteiger partial charge < -0.3 is 21.4 Å². The Balaban J connectivity index is 2.22. The Kier molecular flexibility index (Phi) is 7.92. The van der Waals surface area contributed by atoms with Crippen molar-refractivity contribution in [2.45, 2.75) is 19.5 Å². The van der Waals surface area contributed by atoms with E-state index in [0.29, 0.717) is 11.1 Å². The summed E-state index contributed by atoms with van der Waals surface area (Å²) in [5.41, 5.74) is 11.3. The number of terminal acetylenes is 1. The minimum atomic E-state index is -0.612. The van der Waals surface area contributed by atoms with Crippen LogP contribution in [0.1, 0.15) is 24.2 Å². The van der Waals surface area contributed by atoms with Crippen LogP contribution < -0.4 is 22.3 Å². The second-order valence-electron chi connectivity index (χ2n) is 7.74. The number of nitrogens with one attached hydrogen (secondary N) is 1. The number of hydrogen-bond donors (Lipinski definition) is 3. The van der Waals surface area contributed by atoms with Crippen LogP contribution in [-0.2, 0) is 6.54 Å². The van der Waals surface area contributed by atoms with E-state index in [-0.39, 0.29) is 62.0 Å². The Morgan fingerprint density at radius 1 is 1.25 bits per heavy atom. The highest BCUT2D eigenvalue weighted by atomic mass is 35.5. The van der Waals surface area contributed by atoms with Crippen molar-refractivity contribution in [2.24, 2.45) is 0 Å². The zero-order valence-electron chi connectivity index (χ0n) is 19.2. The number of fused-ring (bicyclic) bond motifs is 1. The predicted molar refractivity (Wildman–Crippen MR) is 147 cm³/mol. The van der Waals surface area contributed by atoms with Crippen LogP contribution in [-0.4, -0.2) is 45.9 Å². The van der Waals surface area contributed by atoms with Crippen molar-refractivity contribution in [3.8, 4) is 18.4 Å². The number of nitrogen functional groups attached to an aromatic ring is 2. The summed E-state index contributed by atoms with van der Waals surface area (Å²) in [5, 5.41) is 13.7. The number of nitrogens with two attached hydrogens (primary N) is 2. The van der Waals surface area contributed by atoms with Gasteiger partial charge in [0.15, 0.2) is 5.82 Å². The number of halogens is 1. The molecular weight excluding hydrogens is 469 g/mol. The molecule has 13 heteroatoms. The van der Waals surface area contributed by atoms with E-state index in [4.69, 9.17) is 60.9 Å². The van der Waals surface area contributed by atoms with Crippen molar-refractivity contribution in [3.63, 3.8) is 0 Å². The van der Waals surface area contributed by atoms with Gasteiger partial charge in [-0.3, -0.25) is 4.79 Å². The SMILES string of the molecule is [B]/C(C#C)=C([B])/C([B])=C(/[B])Cn1c([C@H](C)Nc2nc(N)nc(N)c2C#N)cc2cccc(Cl)c2c1=O. The summed E-state index contributed by atoms with van der Waals surface area (Å²) in [6.45, 7) is 1.57. The van der Waals surface area contributed by atoms with Gasteiger partial charge in [-0.25, -0.2) is 0 Å². The lowest BCUT2D eigenvalue weighted by Gasteiger charge is -2.23. The molecule has 1 atom stereocenters. The van der Waals surface area contributed by atoms with Crippen molar-refractivity contribution >= 4 is 71.3 Å². The number of pyridine rings is 1. The van der Waals surface area contributed by atoms with Gasteiger partial charge in [-0.1, -0.05) is 35.1 Å². The van der Waals surface area contributed by atoms with E-state index in [1.165, 1.54) is 4.57 Å². The van der Waals surface area contributed by atoms with Crippen molar-refractivity contribution in [2.75, 3.05) is 16.8 Å². The van der Waals surface area contributed by atoms with Crippen LogP contribution in [0.15, 0.2) is 50.9 Å². The number of benzene rings is 1. The molecule has 0 saturated heterocycles. The molecule has 0 fully saturated rings. The molecule has 2 aromatic heterocycles. The van der Waals surface area contributed by atoms with Crippen LogP contribution in [0.3, 0.4) is 0 Å². The first kappa shape index (κ1) is 26.6. The van der Waals surface area contributed by atoms with Crippen molar-refractivity contribution in [3.05, 3.63) is 72.8 Å². The van der Waals surface area contributed by atoms with Crippen LogP contribution in [0.25, 0.3) is 10.8 Å². The molecule has 0 amide bonds. The van der Waals surface area contributed by atoms with Gasteiger partial charge in [0.2, 0.25) is 5.95 Å². The molecule has 0 aliphatic heterocycles. The molecule has 5 N–H and O–H groups in total. The van der Waals surface area contributed by atoms with Gasteiger partial charge in [0.05, 0.1) is 16.5 Å². The Hall–Kier alpha value is -4.01. The summed E-state index contributed by atoms with van der Waals surface area (Å²) in [7, 11) is 23.8. The molecule has 0 aliphatic carbocycles. The summed E-state index contributed by atoms with van der Waals surface area (Å²) in [4.78, 5) is 21.5. The average Bonchev–Trinajstić information content (AvgIpc) is 2.83. The molecule has 3 aromatic rings. The second kappa shape index (κ2) is 10.7. The number of nitriles is 1. The topological polar surface area (TPSA) is 136 Å². The molecule has 2 heterocycles. The van der Waals surface area contributed by atoms with Gasteiger partial charge >= 0.3 is 0 Å². The molecule has 0 bridgehead atoms. The van der Waals surface area contributed by atoms with Crippen LogP contribution >= 0.6 is 11.6 Å². The van der Waals surface area contributed by atoms with Crippen LogP contribution in [0.4, 0.5) is 17.6 Å². The fourth-order valence-corrected chi connectivity index (χ4v) is 3.80. The van der Waals surface area contributed by atoms with E-state index in [1.54, 1.807) is 31.2 Å². The molecule has 0 spiro atoms. The zero-order chi connectivity index (χ0) is 26.7. The van der Waals surface area contributed by atoms with E-state index < -0.39 is 11.6 Å². The molecular formula is C23H16B4ClN7O. The third-order valence-corrected chi connectivity index (χ3v) is 5.71. The Bertz CT molecular complexity index is 1580. The fourth-order valence-electron chi connectivity index (χ4n) is 3.54. The van der Waals surface area contributed by atoms with Gasteiger partial charge in [-0.15, -0.1) is 22.8 Å². The molecule has 0 unspecified atom stereocenters. The second-order valence-corrected chi connectivity index (χ2v) is 8.15. The quantitative estimate of drug-likeness (QED) is 0.273. The number of hydrogen-bond acceptors (Lipinski definition) is 7. The molecule has 1 aromatic carbocycles. The third-order valence-electron chi connectivity index (χ3n) is 5.39. The summed E-state index contributed by atoms with van der Waals surface area (Å²) in [6, 6.07) is 8.14. The van der Waals surface area contributed by atoms with E-state index in [2.05, 4.69) is 21.2 Å². The van der Waals surface area contributed by atoms with Gasteiger partial charge in [-0.2, -0.15) is 15.2 Å². The highest BCUT2D eigenvalue weighted by Crippen LogP contribution is 2.28. The summed E-state index contributed by atoms with van der Waals surface area (Å²) >= 11 is 6.34. The van der Waals surface area contributed by atoms with Gasteiger partial charge in [0.1, 0.15) is 48.8 Å². The van der Waals surface area contributed by atoms with Crippen LogP contribution in [0, 0.1) is 23.7 Å². The number of anilines is 3. The largest absolute Gasteiger partial charge is 0.382 e. The van der Waals surface area contributed by atoms with E-state index >= 15 is 0 Å². The lowest BCUT2D eigenvalue weighted by Crippen LogP contribution is -2.28. The lowest BCUT2D eigenvalue weighted by molar-refractivity contribution is 0.674. The Labute approximate surface area is 218 Å². The molecule has 36 heavy (non-hydrogen) atoms. The van der Waals surface area contributed by atoms with Gasteiger partial charge in [-0.05, 0) is 24.4 Å². The summed E-state index contributed by atoms with van der Waals surface area (Å²) < 4.78 is 1.37. The maximum absolute atomic E-state index is 13.6. The summed E-state index contributed by atoms with van der Waals surface area (Å²) in [5.74, 6) is 2.07. The summed E-state index contributed by atoms with van der Waals surface area (Å²) in [6.07, 6.45) is 5.29. The lowest BCUT2D eigenvalue weighted by atomic mass is 9.66. The minimum Gasteiger partial charge on any atom is -0.382 e. The molecule has 0 saturated carbocycles. The predicted octanol–water partition coefficient (Wildman–Crippen LogP) is 1.38. The molecule has 8 radical (unpaired) electrons. The molecule has 0 aliphatic rings. The molecule has 8 nitrogen and oxygen atoms in total. The zero-order valence-corrected chi connectivity index (χ0v) is 20.0. The Morgan fingerprint density at radius 2 is 1.94 bits per heavy atom. The van der Waals surface area contributed by atoms with Crippen LogP contribution in [0.2, 0.25) is 5.02 Å². The minimum absolute atomic E-state index is 0.0000974. The van der Waals surface area contributed by atoms with E-state index in [9.17, 15) is 10.1 Å². The monoisotopic (exact) mass is 485 g/mol. The standard InChI is InChI=1S/C23H16B4ClN7O/c1-3-13(24)18(26)19(27)14(25)9-35-16(7-11-5-4-6-15(28)17(11)22(35)36)10(2)32-21-12(8-29)20(30)33-23(31)34-21/h1,4-7,10H,9H2,2H3,(H5,30,31,32,33,34)/b18-13-,19-14-/t10-/m0/s1. The van der Waals surface area contributed by atoms with Crippen molar-refractivity contribution < 1.29 is 0 Å². The van der Waals surface area contributed by atoms with Crippen molar-refractivity contribution in [1.29, 1.82) is 5.26 Å². The Morgan fingerprint density at radius 3 is 2.58 bits per heavy atom. The third kappa shape index (κ3) is 5.15. The fraction of sp³-hybridized carbons (Fsp3) is 0.130. The average molecular weight is 485 g/mol. The number of aromatic nitrogens is 3. The number of rotatable bonds is 6. The van der Waals surface area contributed by atoms with Gasteiger partial charge in [0, 0.05) is 12.2 Å². The maximum atomic E-state index is 13.6. The molecule has 168 valence electrons. The van der Waals surface area contributed by atoms with E-state index in [0.717, 1.165) is 0 Å². The highest BCUT2D eigenvalue weighted by molar-refractivity contribution is 6.44. The maximum Gasteiger partial charge on any atom is 0.260 e. The van der Waals surface area contributed by atoms with Gasteiger partial charge in [0.25, 0.3) is 5.56 Å². The normalized spacial score (nSPS) is 13.2. The number of allylic oxidation sites excluding steroid dienone is 4. The number of nitrogens with zero attached hydrogens (tertiary/aromatic N) is 4. The first-order valence-corrected chi connectivity index (χ1v) is 10.8. The van der Waals surface area contributed by atoms with Crippen molar-refractivity contribution in [1.82, 2.24) is 14.5 Å². The van der Waals surface area contributed by atoms with E-state index in [1.807, 2.05) is 6.07 Å². The smallest absolute Gasteiger partial charge is 0.260 e. The highest BCUT2D eigenvalue weighted by Gasteiger charge is 2.20. The van der Waals surface area contributed by atoms with Crippen LogP contribution in [0.5, 0.6) is 0 Å².